The topological polar surface area (TPSA) is 45.5 Å². The molecule has 3 aromatic rings. The minimum absolute atomic E-state index is 0.172. The lowest BCUT2D eigenvalue weighted by Crippen LogP contribution is -2.18. The molecule has 0 spiro atoms. The monoisotopic (exact) mass is 446 g/mol. The summed E-state index contributed by atoms with van der Waals surface area (Å²) in [5, 5.41) is 3.99. The van der Waals surface area contributed by atoms with Crippen LogP contribution in [0.4, 0.5) is 13.2 Å². The molecule has 1 unspecified atom stereocenters. The summed E-state index contributed by atoms with van der Waals surface area (Å²) in [6.07, 6.45) is -3.39. The van der Waals surface area contributed by atoms with E-state index >= 15 is 0 Å². The molecule has 170 valence electrons. The van der Waals surface area contributed by atoms with Crippen LogP contribution in [0.5, 0.6) is 11.5 Å². The third-order valence-electron chi connectivity index (χ3n) is 5.67. The Morgan fingerprint density at radius 3 is 2.09 bits per heavy atom. The maximum absolute atomic E-state index is 13.9. The van der Waals surface area contributed by atoms with E-state index in [2.05, 4.69) is 5.10 Å². The number of hydrogen-bond acceptors (Lipinski definition) is 4. The normalized spacial score (nSPS) is 16.0. The number of nitrogens with zero attached hydrogens (tertiary/aromatic N) is 2. The summed E-state index contributed by atoms with van der Waals surface area (Å²) in [5.41, 5.74) is 1.65. The molecule has 0 radical (unpaired) electrons. The molecule has 8 heteroatoms. The molecule has 0 saturated heterocycles. The molecule has 1 aliphatic carbocycles. The van der Waals surface area contributed by atoms with Crippen molar-refractivity contribution in [3.8, 4) is 11.5 Å². The molecular formula is C24H25F3N2O3. The predicted molar refractivity (Wildman–Crippen MR) is 113 cm³/mol. The van der Waals surface area contributed by atoms with E-state index in [0.717, 1.165) is 17.5 Å². The smallest absolute Gasteiger partial charge is 0.435 e. The highest BCUT2D eigenvalue weighted by atomic mass is 19.4. The molecule has 1 aliphatic rings. The van der Waals surface area contributed by atoms with Gasteiger partial charge in [0.1, 0.15) is 11.5 Å². The van der Waals surface area contributed by atoms with Crippen LogP contribution in [0.3, 0.4) is 0 Å². The molecule has 0 bridgehead atoms. The van der Waals surface area contributed by atoms with Gasteiger partial charge in [-0.3, -0.25) is 4.68 Å². The summed E-state index contributed by atoms with van der Waals surface area (Å²) in [6, 6.07) is 14.5. The molecule has 0 amide bonds. The van der Waals surface area contributed by atoms with Crippen molar-refractivity contribution in [2.45, 2.75) is 44.7 Å². The van der Waals surface area contributed by atoms with E-state index in [0.29, 0.717) is 30.0 Å². The Balaban J connectivity index is 1.60. The summed E-state index contributed by atoms with van der Waals surface area (Å²) in [6.45, 7) is 0.475. The van der Waals surface area contributed by atoms with E-state index < -0.39 is 18.0 Å². The predicted octanol–water partition coefficient (Wildman–Crippen LogP) is 5.56. The summed E-state index contributed by atoms with van der Waals surface area (Å²) in [5.74, 6) is 1.41. The van der Waals surface area contributed by atoms with E-state index in [1.807, 2.05) is 24.3 Å². The van der Waals surface area contributed by atoms with Gasteiger partial charge < -0.3 is 14.2 Å². The molecular weight excluding hydrogens is 421 g/mol. The van der Waals surface area contributed by atoms with Crippen LogP contribution >= 0.6 is 0 Å². The van der Waals surface area contributed by atoms with Crippen LogP contribution in [0.25, 0.3) is 0 Å². The average Bonchev–Trinajstić information content (AvgIpc) is 3.18. The van der Waals surface area contributed by atoms with Gasteiger partial charge in [0.05, 0.1) is 33.5 Å². The van der Waals surface area contributed by atoms with Crippen LogP contribution < -0.4 is 9.47 Å². The Bertz CT molecular complexity index is 1040. The van der Waals surface area contributed by atoms with Crippen molar-refractivity contribution in [3.63, 3.8) is 0 Å². The van der Waals surface area contributed by atoms with Crippen LogP contribution in [-0.2, 0) is 30.5 Å². The molecule has 0 aliphatic heterocycles. The fraction of sp³-hybridized carbons (Fsp3) is 0.375. The van der Waals surface area contributed by atoms with Gasteiger partial charge in [-0.05, 0) is 54.7 Å². The second-order valence-electron chi connectivity index (χ2n) is 7.75. The standard InChI is InChI=1S/C24H25F3N2O3/c1-30-18-10-6-16(7-11-18)14-29-20-4-3-5-21(22(20)23(28-29)24(25,26)27)32-15-17-8-12-19(31-2)13-9-17/h6-13,21H,3-5,14-15H2,1-2H3. The fourth-order valence-corrected chi connectivity index (χ4v) is 4.04. The van der Waals surface area contributed by atoms with Crippen molar-refractivity contribution in [2.75, 3.05) is 14.2 Å². The maximum atomic E-state index is 13.9. The van der Waals surface area contributed by atoms with Crippen LogP contribution in [0.1, 0.15) is 47.0 Å². The van der Waals surface area contributed by atoms with Gasteiger partial charge in [-0.2, -0.15) is 18.3 Å². The van der Waals surface area contributed by atoms with Crippen molar-refractivity contribution >= 4 is 0 Å². The van der Waals surface area contributed by atoms with Crippen molar-refractivity contribution in [1.82, 2.24) is 9.78 Å². The number of methoxy groups -OCH3 is 2. The lowest BCUT2D eigenvalue weighted by molar-refractivity contribution is -0.143. The van der Waals surface area contributed by atoms with Gasteiger partial charge in [0.25, 0.3) is 0 Å². The Morgan fingerprint density at radius 2 is 1.53 bits per heavy atom. The Morgan fingerprint density at radius 1 is 0.938 bits per heavy atom. The molecule has 2 aromatic carbocycles. The highest BCUT2D eigenvalue weighted by Crippen LogP contribution is 2.42. The van der Waals surface area contributed by atoms with Crippen molar-refractivity contribution in [1.29, 1.82) is 0 Å². The molecule has 32 heavy (non-hydrogen) atoms. The first-order valence-electron chi connectivity index (χ1n) is 10.4. The summed E-state index contributed by atoms with van der Waals surface area (Å²) in [7, 11) is 3.15. The van der Waals surface area contributed by atoms with E-state index in [1.165, 1.54) is 4.68 Å². The Hall–Kier alpha value is -3.00. The number of halogens is 3. The number of aromatic nitrogens is 2. The number of hydrogen-bond donors (Lipinski definition) is 0. The Labute approximate surface area is 184 Å². The van der Waals surface area contributed by atoms with Crippen molar-refractivity contribution in [3.05, 3.63) is 76.6 Å². The van der Waals surface area contributed by atoms with Crippen molar-refractivity contribution < 1.29 is 27.4 Å². The second kappa shape index (κ2) is 9.24. The summed E-state index contributed by atoms with van der Waals surface area (Å²) < 4.78 is 59.4. The Kier molecular flexibility index (Phi) is 6.41. The molecule has 0 saturated carbocycles. The van der Waals surface area contributed by atoms with Crippen LogP contribution in [-0.4, -0.2) is 24.0 Å². The molecule has 5 nitrogen and oxygen atoms in total. The average molecular weight is 446 g/mol. The molecule has 4 rings (SSSR count). The van der Waals surface area contributed by atoms with E-state index in [1.54, 1.807) is 38.5 Å². The number of ether oxygens (including phenoxy) is 3. The fourth-order valence-electron chi connectivity index (χ4n) is 4.04. The van der Waals surface area contributed by atoms with Gasteiger partial charge >= 0.3 is 6.18 Å². The minimum Gasteiger partial charge on any atom is -0.497 e. The third-order valence-corrected chi connectivity index (χ3v) is 5.67. The van der Waals surface area contributed by atoms with E-state index in [-0.39, 0.29) is 18.7 Å². The summed E-state index contributed by atoms with van der Waals surface area (Å²) in [4.78, 5) is 0. The van der Waals surface area contributed by atoms with Crippen molar-refractivity contribution in [2.24, 2.45) is 0 Å². The zero-order valence-corrected chi connectivity index (χ0v) is 18.0. The van der Waals surface area contributed by atoms with Gasteiger partial charge in [0, 0.05) is 11.3 Å². The minimum atomic E-state index is -4.55. The summed E-state index contributed by atoms with van der Waals surface area (Å²) >= 11 is 0. The lowest BCUT2D eigenvalue weighted by atomic mass is 9.92. The van der Waals surface area contributed by atoms with Crippen LogP contribution in [0, 0.1) is 0 Å². The zero-order chi connectivity index (χ0) is 22.7. The highest BCUT2D eigenvalue weighted by Gasteiger charge is 2.42. The second-order valence-corrected chi connectivity index (χ2v) is 7.75. The SMILES string of the molecule is COc1ccc(COC2CCCc3c2c(C(F)(F)F)nn3Cc2ccc(OC)cc2)cc1. The lowest BCUT2D eigenvalue weighted by Gasteiger charge is -2.25. The molecule has 1 aromatic heterocycles. The van der Waals surface area contributed by atoms with Crippen LogP contribution in [0.2, 0.25) is 0 Å². The largest absolute Gasteiger partial charge is 0.497 e. The van der Waals surface area contributed by atoms with Gasteiger partial charge in [-0.1, -0.05) is 24.3 Å². The molecule has 1 heterocycles. The van der Waals surface area contributed by atoms with Crippen LogP contribution in [0.15, 0.2) is 48.5 Å². The number of rotatable bonds is 7. The van der Waals surface area contributed by atoms with Gasteiger partial charge in [-0.25, -0.2) is 0 Å². The quantitative estimate of drug-likeness (QED) is 0.477. The first kappa shape index (κ1) is 22.2. The van der Waals surface area contributed by atoms with E-state index in [4.69, 9.17) is 14.2 Å². The van der Waals surface area contributed by atoms with Gasteiger partial charge in [-0.15, -0.1) is 0 Å². The molecule has 0 fully saturated rings. The maximum Gasteiger partial charge on any atom is 0.435 e. The third kappa shape index (κ3) is 4.75. The van der Waals surface area contributed by atoms with Gasteiger partial charge in [0.15, 0.2) is 5.69 Å². The van der Waals surface area contributed by atoms with E-state index in [9.17, 15) is 13.2 Å². The first-order chi connectivity index (χ1) is 15.4. The number of alkyl halides is 3. The number of benzene rings is 2. The van der Waals surface area contributed by atoms with Gasteiger partial charge in [0.2, 0.25) is 0 Å². The highest BCUT2D eigenvalue weighted by molar-refractivity contribution is 5.35. The zero-order valence-electron chi connectivity index (χ0n) is 18.0. The number of fused-ring (bicyclic) bond motifs is 1. The molecule has 0 N–H and O–H groups in total. The first-order valence-corrected chi connectivity index (χ1v) is 10.4. The molecule has 1 atom stereocenters.